The SMILES string of the molecule is CC(C)CN(Cc1ccc(C(=O)Oc2ccc(C(=N)N)cc2)s1)C(=O)N[C@@H](CCC(=O)O)C(=O)O.O=C(O)C(F)(F)F. The normalized spacial score (nSPS) is 11.5. The quantitative estimate of drug-likeness (QED) is 0.0881. The fourth-order valence-corrected chi connectivity index (χ4v) is 3.95. The predicted octanol–water partition coefficient (Wildman–Crippen LogP) is 3.37. The summed E-state index contributed by atoms with van der Waals surface area (Å²) in [4.78, 5) is 58.8. The molecule has 2 rings (SSSR count). The topological polar surface area (TPSA) is 220 Å². The van der Waals surface area contributed by atoms with E-state index in [2.05, 4.69) is 5.32 Å². The van der Waals surface area contributed by atoms with Gasteiger partial charge in [-0.05, 0) is 48.7 Å². The van der Waals surface area contributed by atoms with Gasteiger partial charge in [-0.15, -0.1) is 11.3 Å². The number of nitrogen functional groups attached to an aromatic ring is 1. The van der Waals surface area contributed by atoms with Crippen LogP contribution in [0.5, 0.6) is 5.75 Å². The average molecular weight is 619 g/mol. The maximum atomic E-state index is 12.8. The first-order valence-corrected chi connectivity index (χ1v) is 12.8. The van der Waals surface area contributed by atoms with Crippen LogP contribution in [-0.2, 0) is 20.9 Å². The lowest BCUT2D eigenvalue weighted by Crippen LogP contribution is -2.48. The lowest BCUT2D eigenvalue weighted by Gasteiger charge is -2.26. The Morgan fingerprint density at radius 2 is 1.62 bits per heavy atom. The van der Waals surface area contributed by atoms with Crippen molar-refractivity contribution in [1.82, 2.24) is 10.2 Å². The number of aliphatic carboxylic acids is 3. The molecule has 17 heteroatoms. The first kappa shape index (κ1) is 35.4. The molecule has 0 aliphatic rings. The molecule has 2 amide bonds. The van der Waals surface area contributed by atoms with Crippen LogP contribution in [0.1, 0.15) is 46.8 Å². The lowest BCUT2D eigenvalue weighted by molar-refractivity contribution is -0.192. The number of hydrogen-bond acceptors (Lipinski definition) is 8. The van der Waals surface area contributed by atoms with E-state index >= 15 is 0 Å². The Balaban J connectivity index is 0.00000112. The number of carbonyl (C=O) groups excluding carboxylic acids is 2. The summed E-state index contributed by atoms with van der Waals surface area (Å²) in [6.07, 6.45) is -5.72. The number of carboxylic acid groups (broad SMARTS) is 3. The zero-order valence-electron chi connectivity index (χ0n) is 22.3. The van der Waals surface area contributed by atoms with Crippen molar-refractivity contribution in [3.05, 3.63) is 51.7 Å². The Bertz CT molecular complexity index is 1280. The maximum absolute atomic E-state index is 12.8. The van der Waals surface area contributed by atoms with Crippen molar-refractivity contribution in [3.63, 3.8) is 0 Å². The van der Waals surface area contributed by atoms with Gasteiger partial charge in [0.25, 0.3) is 0 Å². The highest BCUT2D eigenvalue weighted by atomic mass is 32.1. The van der Waals surface area contributed by atoms with E-state index in [9.17, 15) is 37.5 Å². The molecule has 0 aliphatic carbocycles. The van der Waals surface area contributed by atoms with Gasteiger partial charge >= 0.3 is 36.1 Å². The summed E-state index contributed by atoms with van der Waals surface area (Å²) in [5.74, 6) is -5.55. The second-order valence-corrected chi connectivity index (χ2v) is 10.1. The molecule has 0 radical (unpaired) electrons. The Hall–Kier alpha value is -4.67. The third-order valence-electron chi connectivity index (χ3n) is 4.94. The zero-order valence-corrected chi connectivity index (χ0v) is 23.1. The molecule has 0 bridgehead atoms. The second kappa shape index (κ2) is 15.9. The highest BCUT2D eigenvalue weighted by molar-refractivity contribution is 7.13. The summed E-state index contributed by atoms with van der Waals surface area (Å²) in [6, 6.07) is 7.46. The third-order valence-corrected chi connectivity index (χ3v) is 5.99. The Morgan fingerprint density at radius 3 is 2.07 bits per heavy atom. The average Bonchev–Trinajstić information content (AvgIpc) is 3.34. The van der Waals surface area contributed by atoms with Gasteiger partial charge < -0.3 is 36.0 Å². The number of nitrogens with zero attached hydrogens (tertiary/aromatic N) is 1. The number of ether oxygens (including phenoxy) is 1. The van der Waals surface area contributed by atoms with Gasteiger partial charge in [0.2, 0.25) is 0 Å². The predicted molar refractivity (Wildman–Crippen MR) is 142 cm³/mol. The fourth-order valence-electron chi connectivity index (χ4n) is 3.05. The van der Waals surface area contributed by atoms with Gasteiger partial charge in [0.1, 0.15) is 22.5 Å². The molecule has 1 heterocycles. The minimum Gasteiger partial charge on any atom is -0.481 e. The Morgan fingerprint density at radius 1 is 1.05 bits per heavy atom. The van der Waals surface area contributed by atoms with E-state index in [4.69, 9.17) is 30.9 Å². The molecule has 1 aromatic heterocycles. The van der Waals surface area contributed by atoms with Gasteiger partial charge in [-0.2, -0.15) is 13.2 Å². The third kappa shape index (κ3) is 12.7. The highest BCUT2D eigenvalue weighted by Crippen LogP contribution is 2.22. The van der Waals surface area contributed by atoms with Crippen molar-refractivity contribution < 1.29 is 57.2 Å². The van der Waals surface area contributed by atoms with Crippen molar-refractivity contribution in [2.75, 3.05) is 6.54 Å². The Kier molecular flexibility index (Phi) is 13.4. The van der Waals surface area contributed by atoms with Gasteiger partial charge in [-0.1, -0.05) is 13.8 Å². The number of urea groups is 1. The molecule has 1 atom stereocenters. The van der Waals surface area contributed by atoms with Crippen LogP contribution in [0, 0.1) is 11.3 Å². The number of nitrogens with one attached hydrogen (secondary N) is 2. The van der Waals surface area contributed by atoms with Crippen LogP contribution in [0.15, 0.2) is 36.4 Å². The summed E-state index contributed by atoms with van der Waals surface area (Å²) >= 11 is 1.14. The number of alkyl halides is 3. The second-order valence-electron chi connectivity index (χ2n) is 8.94. The number of halogens is 3. The molecule has 7 N–H and O–H groups in total. The Labute approximate surface area is 241 Å². The summed E-state index contributed by atoms with van der Waals surface area (Å²) in [5.41, 5.74) is 5.91. The van der Waals surface area contributed by atoms with Crippen molar-refractivity contribution in [2.45, 2.75) is 45.5 Å². The van der Waals surface area contributed by atoms with Crippen molar-refractivity contribution in [3.8, 4) is 5.75 Å². The van der Waals surface area contributed by atoms with Gasteiger partial charge in [0, 0.05) is 23.4 Å². The van der Waals surface area contributed by atoms with Crippen LogP contribution in [0.25, 0.3) is 0 Å². The molecule has 0 aliphatic heterocycles. The largest absolute Gasteiger partial charge is 0.490 e. The molecule has 0 spiro atoms. The number of carbonyl (C=O) groups is 5. The van der Waals surface area contributed by atoms with Gasteiger partial charge in [0.05, 0.1) is 6.54 Å². The molecule has 42 heavy (non-hydrogen) atoms. The van der Waals surface area contributed by atoms with Crippen molar-refractivity contribution in [1.29, 1.82) is 5.41 Å². The van der Waals surface area contributed by atoms with Gasteiger partial charge in [0.15, 0.2) is 0 Å². The van der Waals surface area contributed by atoms with Crippen LogP contribution in [0.2, 0.25) is 0 Å². The van der Waals surface area contributed by atoms with E-state index in [1.165, 1.54) is 17.0 Å². The van der Waals surface area contributed by atoms with E-state index < -0.39 is 48.5 Å². The van der Waals surface area contributed by atoms with Crippen LogP contribution in [0.3, 0.4) is 0 Å². The summed E-state index contributed by atoms with van der Waals surface area (Å²) in [6.45, 7) is 4.24. The van der Waals surface area contributed by atoms with Crippen LogP contribution in [0.4, 0.5) is 18.0 Å². The molecule has 0 saturated carbocycles. The van der Waals surface area contributed by atoms with E-state index in [0.717, 1.165) is 11.3 Å². The number of amidine groups is 1. The number of benzene rings is 1. The van der Waals surface area contributed by atoms with Crippen LogP contribution in [-0.4, -0.2) is 74.7 Å². The molecule has 2 aromatic rings. The maximum Gasteiger partial charge on any atom is 0.490 e. The molecular weight excluding hydrogens is 589 g/mol. The van der Waals surface area contributed by atoms with Crippen LogP contribution >= 0.6 is 11.3 Å². The van der Waals surface area contributed by atoms with Crippen molar-refractivity contribution >= 4 is 47.1 Å². The lowest BCUT2D eigenvalue weighted by atomic mass is 10.1. The van der Waals surface area contributed by atoms with E-state index in [0.29, 0.717) is 21.9 Å². The summed E-state index contributed by atoms with van der Waals surface area (Å²) in [7, 11) is 0. The number of thiophene rings is 1. The molecule has 0 fully saturated rings. The number of rotatable bonds is 12. The number of nitrogens with two attached hydrogens (primary N) is 1. The number of hydrogen-bond donors (Lipinski definition) is 6. The number of amides is 2. The molecule has 0 saturated heterocycles. The van der Waals surface area contributed by atoms with Gasteiger partial charge in [-0.3, -0.25) is 10.2 Å². The standard InChI is InChI=1S/C23H28N4O7S.C2HF3O2/c1-13(2)11-27(23(33)26-17(21(30)31)8-10-19(28)29)12-16-7-9-18(35-16)22(32)34-15-5-3-14(4-6-15)20(24)25;3-2(4,5)1(6)7/h3-7,9,13,17H,8,10-12H2,1-2H3,(H3,24,25)(H,26,33)(H,28,29)(H,30,31);(H,6,7)/t17-;/m0./s1. The fraction of sp³-hybridized carbons (Fsp3) is 0.360. The van der Waals surface area contributed by atoms with E-state index in [-0.39, 0.29) is 30.5 Å². The van der Waals surface area contributed by atoms with E-state index in [1.54, 1.807) is 24.3 Å². The minimum absolute atomic E-state index is 0.0745. The summed E-state index contributed by atoms with van der Waals surface area (Å²) in [5, 5.41) is 35.0. The minimum atomic E-state index is -5.08. The molecule has 13 nitrogen and oxygen atoms in total. The highest BCUT2D eigenvalue weighted by Gasteiger charge is 2.38. The van der Waals surface area contributed by atoms with Crippen LogP contribution < -0.4 is 15.8 Å². The monoisotopic (exact) mass is 618 g/mol. The molecule has 230 valence electrons. The van der Waals surface area contributed by atoms with E-state index in [1.807, 2.05) is 13.8 Å². The van der Waals surface area contributed by atoms with Crippen molar-refractivity contribution in [2.24, 2.45) is 11.7 Å². The smallest absolute Gasteiger partial charge is 0.481 e. The first-order valence-electron chi connectivity index (χ1n) is 12.0. The van der Waals surface area contributed by atoms with Gasteiger partial charge in [-0.25, -0.2) is 19.2 Å². The first-order chi connectivity index (χ1) is 19.4. The zero-order chi connectivity index (χ0) is 32.2. The number of carboxylic acids is 3. The molecule has 0 unspecified atom stereocenters. The summed E-state index contributed by atoms with van der Waals surface area (Å²) < 4.78 is 37.1. The molecular formula is C25H29F3N4O9S. The number of esters is 1. The molecule has 1 aromatic carbocycles.